The molecule has 1 atom stereocenters. The van der Waals surface area contributed by atoms with E-state index in [2.05, 4.69) is 6.07 Å². The Bertz CT molecular complexity index is 1190. The number of amides is 2. The van der Waals surface area contributed by atoms with Gasteiger partial charge in [-0.3, -0.25) is 4.79 Å². The smallest absolute Gasteiger partial charge is 0.410 e. The van der Waals surface area contributed by atoms with Crippen LogP contribution in [0.15, 0.2) is 60.2 Å². The van der Waals surface area contributed by atoms with Gasteiger partial charge < -0.3 is 23.8 Å². The van der Waals surface area contributed by atoms with Gasteiger partial charge in [0.05, 0.1) is 17.8 Å². The van der Waals surface area contributed by atoms with Gasteiger partial charge in [0.15, 0.2) is 6.10 Å². The average Bonchev–Trinajstić information content (AvgIpc) is 3.62. The molecule has 5 rings (SSSR count). The summed E-state index contributed by atoms with van der Waals surface area (Å²) in [5.41, 5.74) is 1.12. The van der Waals surface area contributed by atoms with E-state index in [-0.39, 0.29) is 24.1 Å². The molecule has 2 saturated heterocycles. The lowest BCUT2D eigenvalue weighted by molar-refractivity contribution is 0.0663. The maximum atomic E-state index is 13.3. The average molecular weight is 477 g/mol. The molecule has 0 spiro atoms. The van der Waals surface area contributed by atoms with Crippen molar-refractivity contribution in [3.05, 3.63) is 70.7 Å². The van der Waals surface area contributed by atoms with Crippen LogP contribution in [0.4, 0.5) is 4.79 Å². The lowest BCUT2D eigenvalue weighted by atomic mass is 10.0. The van der Waals surface area contributed by atoms with E-state index in [4.69, 9.17) is 9.47 Å². The van der Waals surface area contributed by atoms with Crippen LogP contribution < -0.4 is 4.74 Å². The second kappa shape index (κ2) is 9.61. The third-order valence-corrected chi connectivity index (χ3v) is 7.17. The molecule has 2 aliphatic rings. The Morgan fingerprint density at radius 2 is 1.88 bits per heavy atom. The molecule has 1 unspecified atom stereocenters. The molecule has 0 N–H and O–H groups in total. The van der Waals surface area contributed by atoms with Gasteiger partial charge >= 0.3 is 6.09 Å². The number of ether oxygens (including phenoxy) is 2. The summed E-state index contributed by atoms with van der Waals surface area (Å²) in [6.45, 7) is 1.89. The Morgan fingerprint density at radius 1 is 1.15 bits per heavy atom. The summed E-state index contributed by atoms with van der Waals surface area (Å²) in [6, 6.07) is 15.4. The number of thiophene rings is 1. The number of piperidine rings is 1. The van der Waals surface area contributed by atoms with Gasteiger partial charge in [-0.25, -0.2) is 4.79 Å². The van der Waals surface area contributed by atoms with Crippen LogP contribution in [0.3, 0.4) is 0 Å². The Labute approximate surface area is 201 Å². The van der Waals surface area contributed by atoms with Crippen molar-refractivity contribution in [2.75, 3.05) is 26.2 Å². The molecule has 34 heavy (non-hydrogen) atoms. The molecule has 4 heterocycles. The Balaban J connectivity index is 1.19. The minimum Gasteiger partial charge on any atom is -0.490 e. The Morgan fingerprint density at radius 3 is 2.59 bits per heavy atom. The van der Waals surface area contributed by atoms with E-state index in [0.717, 1.165) is 5.75 Å². The summed E-state index contributed by atoms with van der Waals surface area (Å²) in [6.07, 6.45) is 4.40. The van der Waals surface area contributed by atoms with Crippen molar-refractivity contribution in [3.8, 4) is 17.5 Å². The van der Waals surface area contributed by atoms with Crippen molar-refractivity contribution < 1.29 is 19.1 Å². The van der Waals surface area contributed by atoms with Crippen molar-refractivity contribution in [2.45, 2.75) is 25.0 Å². The molecule has 0 aliphatic carbocycles. The molecule has 3 aromatic rings. The van der Waals surface area contributed by atoms with Crippen molar-refractivity contribution >= 4 is 23.3 Å². The summed E-state index contributed by atoms with van der Waals surface area (Å²) in [4.78, 5) is 29.9. The number of carbonyl (C=O) groups is 2. The molecule has 9 heteroatoms. The van der Waals surface area contributed by atoms with Gasteiger partial charge in [-0.05, 0) is 37.1 Å². The van der Waals surface area contributed by atoms with Gasteiger partial charge in [0, 0.05) is 36.9 Å². The molecule has 2 fully saturated rings. The van der Waals surface area contributed by atoms with Gasteiger partial charge in [0.25, 0.3) is 5.91 Å². The molecule has 8 nitrogen and oxygen atoms in total. The third kappa shape index (κ3) is 4.37. The van der Waals surface area contributed by atoms with Crippen molar-refractivity contribution in [1.29, 1.82) is 5.26 Å². The van der Waals surface area contributed by atoms with E-state index in [1.807, 2.05) is 64.3 Å². The summed E-state index contributed by atoms with van der Waals surface area (Å²) in [5.74, 6) is 0.669. The van der Waals surface area contributed by atoms with Crippen LogP contribution in [0.2, 0.25) is 0 Å². The number of nitrogens with zero attached hydrogens (tertiary/aromatic N) is 4. The number of carbonyl (C=O) groups excluding carboxylic acids is 2. The minimum atomic E-state index is -0.321. The first-order valence-electron chi connectivity index (χ1n) is 11.2. The van der Waals surface area contributed by atoms with Gasteiger partial charge in [0.1, 0.15) is 23.3 Å². The largest absolute Gasteiger partial charge is 0.490 e. The van der Waals surface area contributed by atoms with Crippen molar-refractivity contribution in [3.63, 3.8) is 0 Å². The molecule has 0 radical (unpaired) electrons. The summed E-state index contributed by atoms with van der Waals surface area (Å²) in [5, 5.41) is 11.2. The molecule has 0 saturated carbocycles. The summed E-state index contributed by atoms with van der Waals surface area (Å²) >= 11 is 1.30. The van der Waals surface area contributed by atoms with Crippen LogP contribution in [-0.2, 0) is 4.74 Å². The quantitative estimate of drug-likeness (QED) is 0.538. The van der Waals surface area contributed by atoms with E-state index in [1.165, 1.54) is 11.3 Å². The number of hydrogen-bond donors (Lipinski definition) is 0. The predicted octanol–water partition coefficient (Wildman–Crippen LogP) is 3.91. The van der Waals surface area contributed by atoms with E-state index in [9.17, 15) is 14.9 Å². The van der Waals surface area contributed by atoms with Crippen molar-refractivity contribution in [1.82, 2.24) is 14.4 Å². The fourth-order valence-electron chi connectivity index (χ4n) is 4.48. The molecular weight excluding hydrogens is 452 g/mol. The van der Waals surface area contributed by atoms with Crippen LogP contribution in [0, 0.1) is 11.3 Å². The van der Waals surface area contributed by atoms with Crippen LogP contribution in [0.5, 0.6) is 5.75 Å². The number of hydrogen-bond acceptors (Lipinski definition) is 6. The van der Waals surface area contributed by atoms with Gasteiger partial charge in [-0.2, -0.15) is 5.26 Å². The second-order valence-corrected chi connectivity index (χ2v) is 9.21. The zero-order valence-corrected chi connectivity index (χ0v) is 19.3. The predicted molar refractivity (Wildman–Crippen MR) is 126 cm³/mol. The van der Waals surface area contributed by atoms with E-state index in [1.54, 1.807) is 10.3 Å². The van der Waals surface area contributed by atoms with Gasteiger partial charge in [0.2, 0.25) is 0 Å². The Kier molecular flexibility index (Phi) is 6.23. The van der Waals surface area contributed by atoms with Gasteiger partial charge in [-0.1, -0.05) is 18.2 Å². The standard InChI is InChI=1S/C25H24N4O4S/c26-14-18-17-34-23(22(18)27-10-4-5-11-27)24(30)28-12-8-19(9-13-28)29-15-21(33-25(29)31)16-32-20-6-2-1-3-7-20/h1-7,10-11,17,19,21H,8-9,12-13,15-16H2. The lowest BCUT2D eigenvalue weighted by Crippen LogP contribution is -2.47. The van der Waals surface area contributed by atoms with Crippen LogP contribution >= 0.6 is 11.3 Å². The van der Waals surface area contributed by atoms with E-state index >= 15 is 0 Å². The van der Waals surface area contributed by atoms with Gasteiger partial charge in [-0.15, -0.1) is 11.3 Å². The highest BCUT2D eigenvalue weighted by Crippen LogP contribution is 2.30. The highest BCUT2D eigenvalue weighted by Gasteiger charge is 2.38. The first kappa shape index (κ1) is 22.0. The molecule has 0 bridgehead atoms. The number of rotatable bonds is 6. The van der Waals surface area contributed by atoms with Crippen LogP contribution in [0.25, 0.3) is 5.69 Å². The number of para-hydroxylation sites is 1. The molecule has 174 valence electrons. The number of nitriles is 1. The first-order chi connectivity index (χ1) is 16.6. The maximum absolute atomic E-state index is 13.3. The molecule has 1 aromatic carbocycles. The molecule has 2 amide bonds. The van der Waals surface area contributed by atoms with E-state index < -0.39 is 0 Å². The number of aromatic nitrogens is 1. The second-order valence-electron chi connectivity index (χ2n) is 8.33. The lowest BCUT2D eigenvalue weighted by Gasteiger charge is -2.35. The summed E-state index contributed by atoms with van der Waals surface area (Å²) < 4.78 is 13.1. The fraction of sp³-hybridized carbons (Fsp3) is 0.320. The number of cyclic esters (lactones) is 1. The topological polar surface area (TPSA) is 87.8 Å². The highest BCUT2D eigenvalue weighted by atomic mass is 32.1. The normalized spacial score (nSPS) is 18.6. The first-order valence-corrected chi connectivity index (χ1v) is 12.1. The monoisotopic (exact) mass is 476 g/mol. The molecular formula is C25H24N4O4S. The molecule has 2 aromatic heterocycles. The SMILES string of the molecule is N#Cc1csc(C(=O)N2CCC(N3CC(COc4ccccc4)OC3=O)CC2)c1-n1cccc1. The molecule has 2 aliphatic heterocycles. The van der Waals surface area contributed by atoms with Crippen LogP contribution in [-0.4, -0.2) is 64.8 Å². The summed E-state index contributed by atoms with van der Waals surface area (Å²) in [7, 11) is 0. The zero-order chi connectivity index (χ0) is 23.5. The van der Waals surface area contributed by atoms with Crippen molar-refractivity contribution in [2.24, 2.45) is 0 Å². The minimum absolute atomic E-state index is 0.0280. The van der Waals surface area contributed by atoms with E-state index in [0.29, 0.717) is 55.2 Å². The Hall–Kier alpha value is -3.77. The zero-order valence-electron chi connectivity index (χ0n) is 18.5. The fourth-order valence-corrected chi connectivity index (χ4v) is 5.44. The number of benzene rings is 1. The highest BCUT2D eigenvalue weighted by molar-refractivity contribution is 7.12. The number of likely N-dealkylation sites (tertiary alicyclic amines) is 1. The van der Waals surface area contributed by atoms with Crippen LogP contribution in [0.1, 0.15) is 28.1 Å². The third-order valence-electron chi connectivity index (χ3n) is 6.22. The maximum Gasteiger partial charge on any atom is 0.410 e.